The first-order valence-corrected chi connectivity index (χ1v) is 6.22. The van der Waals surface area contributed by atoms with E-state index in [0.29, 0.717) is 18.0 Å². The zero-order valence-corrected chi connectivity index (χ0v) is 11.2. The molecular weight excluding hydrogens is 254 g/mol. The van der Waals surface area contributed by atoms with Crippen LogP contribution in [-0.2, 0) is 0 Å². The molecule has 18 heavy (non-hydrogen) atoms. The Morgan fingerprint density at radius 2 is 2.11 bits per heavy atom. The maximum atomic E-state index is 11.8. The summed E-state index contributed by atoms with van der Waals surface area (Å²) in [6.45, 7) is 4.10. The number of benzene rings is 1. The fourth-order valence-electron chi connectivity index (χ4n) is 1.72. The van der Waals surface area contributed by atoms with E-state index in [1.165, 1.54) is 12.1 Å². The third kappa shape index (κ3) is 4.55. The molecule has 0 aromatic heterocycles. The van der Waals surface area contributed by atoms with Crippen LogP contribution in [0.1, 0.15) is 30.6 Å². The van der Waals surface area contributed by atoms with E-state index in [-0.39, 0.29) is 29.2 Å². The predicted molar refractivity (Wildman–Crippen MR) is 70.9 cm³/mol. The lowest BCUT2D eigenvalue weighted by Crippen LogP contribution is -2.29. The van der Waals surface area contributed by atoms with Crippen LogP contribution < -0.4 is 5.32 Å². The minimum absolute atomic E-state index is 0.136. The summed E-state index contributed by atoms with van der Waals surface area (Å²) in [5.41, 5.74) is 0.198. The molecule has 4 nitrogen and oxygen atoms in total. The van der Waals surface area contributed by atoms with Crippen molar-refractivity contribution < 1.29 is 15.0 Å². The standard InChI is InChI=1S/C13H18ClNO3/c1-8(5-9(2)16)7-15-13(18)11-4-3-10(14)6-12(11)17/h3-4,6,8-9,16-17H,5,7H2,1-2H3,(H,15,18). The van der Waals surface area contributed by atoms with Crippen LogP contribution >= 0.6 is 11.6 Å². The van der Waals surface area contributed by atoms with Crippen LogP contribution in [0.15, 0.2) is 18.2 Å². The van der Waals surface area contributed by atoms with E-state index in [2.05, 4.69) is 5.32 Å². The molecule has 0 aliphatic heterocycles. The number of halogens is 1. The van der Waals surface area contributed by atoms with Crippen LogP contribution in [0.5, 0.6) is 5.75 Å². The van der Waals surface area contributed by atoms with Gasteiger partial charge in [0.2, 0.25) is 0 Å². The minimum atomic E-state index is -0.388. The Hall–Kier alpha value is -1.26. The molecule has 1 amide bonds. The van der Waals surface area contributed by atoms with Crippen molar-refractivity contribution in [3.05, 3.63) is 28.8 Å². The average Bonchev–Trinajstić information content (AvgIpc) is 2.25. The number of carbonyl (C=O) groups is 1. The first kappa shape index (κ1) is 14.8. The molecule has 3 N–H and O–H groups in total. The van der Waals surface area contributed by atoms with Gasteiger partial charge in [0.05, 0.1) is 11.7 Å². The molecule has 0 aliphatic rings. The molecule has 2 atom stereocenters. The van der Waals surface area contributed by atoms with Gasteiger partial charge in [0, 0.05) is 11.6 Å². The van der Waals surface area contributed by atoms with Crippen LogP contribution in [-0.4, -0.2) is 28.8 Å². The molecule has 0 spiro atoms. The molecule has 100 valence electrons. The summed E-state index contributed by atoms with van der Waals surface area (Å²) in [6.07, 6.45) is 0.230. The first-order chi connectivity index (χ1) is 8.40. The van der Waals surface area contributed by atoms with Crippen LogP contribution in [0, 0.1) is 5.92 Å². The SMILES string of the molecule is CC(O)CC(C)CNC(=O)c1ccc(Cl)cc1O. The van der Waals surface area contributed by atoms with E-state index in [4.69, 9.17) is 11.6 Å². The molecule has 0 bridgehead atoms. The summed E-state index contributed by atoms with van der Waals surface area (Å²) in [5, 5.41) is 21.9. The largest absolute Gasteiger partial charge is 0.507 e. The Kier molecular flexibility index (Phi) is 5.44. The lowest BCUT2D eigenvalue weighted by molar-refractivity contribution is 0.0936. The van der Waals surface area contributed by atoms with Gasteiger partial charge in [-0.3, -0.25) is 4.79 Å². The van der Waals surface area contributed by atoms with Crippen molar-refractivity contribution >= 4 is 17.5 Å². The van der Waals surface area contributed by atoms with Crippen molar-refractivity contribution in [2.45, 2.75) is 26.4 Å². The van der Waals surface area contributed by atoms with E-state index in [9.17, 15) is 15.0 Å². The van der Waals surface area contributed by atoms with Gasteiger partial charge in [0.1, 0.15) is 5.75 Å². The highest BCUT2D eigenvalue weighted by atomic mass is 35.5. The van der Waals surface area contributed by atoms with Crippen LogP contribution in [0.3, 0.4) is 0 Å². The van der Waals surface area contributed by atoms with E-state index in [1.807, 2.05) is 6.92 Å². The zero-order chi connectivity index (χ0) is 13.7. The predicted octanol–water partition coefficient (Wildman–Crippen LogP) is 2.18. The van der Waals surface area contributed by atoms with Gasteiger partial charge in [-0.1, -0.05) is 18.5 Å². The number of rotatable bonds is 5. The van der Waals surface area contributed by atoms with Crippen molar-refractivity contribution in [1.82, 2.24) is 5.32 Å². The fraction of sp³-hybridized carbons (Fsp3) is 0.462. The minimum Gasteiger partial charge on any atom is -0.507 e. The summed E-state index contributed by atoms with van der Waals surface area (Å²) < 4.78 is 0. The summed E-state index contributed by atoms with van der Waals surface area (Å²) >= 11 is 5.69. The summed E-state index contributed by atoms with van der Waals surface area (Å²) in [5.74, 6) is -0.312. The van der Waals surface area contributed by atoms with Crippen molar-refractivity contribution in [1.29, 1.82) is 0 Å². The number of aromatic hydroxyl groups is 1. The Morgan fingerprint density at radius 3 is 2.67 bits per heavy atom. The molecule has 0 fully saturated rings. The third-order valence-electron chi connectivity index (χ3n) is 2.56. The number of aliphatic hydroxyl groups is 1. The Balaban J connectivity index is 2.55. The van der Waals surface area contributed by atoms with Crippen molar-refractivity contribution in [3.8, 4) is 5.75 Å². The fourth-order valence-corrected chi connectivity index (χ4v) is 1.89. The zero-order valence-electron chi connectivity index (χ0n) is 10.5. The lowest BCUT2D eigenvalue weighted by Gasteiger charge is -2.14. The number of phenolic OH excluding ortho intramolecular Hbond substituents is 1. The second kappa shape index (κ2) is 6.61. The van der Waals surface area contributed by atoms with E-state index < -0.39 is 0 Å². The number of hydrogen-bond donors (Lipinski definition) is 3. The van der Waals surface area contributed by atoms with Crippen LogP contribution in [0.25, 0.3) is 0 Å². The lowest BCUT2D eigenvalue weighted by atomic mass is 10.0. The number of carbonyl (C=O) groups excluding carboxylic acids is 1. The second-order valence-electron chi connectivity index (χ2n) is 4.56. The molecule has 0 saturated heterocycles. The van der Waals surface area contributed by atoms with Gasteiger partial charge < -0.3 is 15.5 Å². The topological polar surface area (TPSA) is 69.6 Å². The van der Waals surface area contributed by atoms with Gasteiger partial charge in [0.25, 0.3) is 5.91 Å². The van der Waals surface area contributed by atoms with Crippen LogP contribution in [0.2, 0.25) is 5.02 Å². The summed E-state index contributed by atoms with van der Waals surface area (Å²) in [4.78, 5) is 11.8. The van der Waals surface area contributed by atoms with Crippen LogP contribution in [0.4, 0.5) is 0 Å². The monoisotopic (exact) mass is 271 g/mol. The average molecular weight is 272 g/mol. The van der Waals surface area contributed by atoms with Crippen molar-refractivity contribution in [3.63, 3.8) is 0 Å². The molecule has 1 aromatic rings. The summed E-state index contributed by atoms with van der Waals surface area (Å²) in [6, 6.07) is 4.36. The Morgan fingerprint density at radius 1 is 1.44 bits per heavy atom. The van der Waals surface area contributed by atoms with E-state index >= 15 is 0 Å². The molecule has 1 rings (SSSR count). The molecular formula is C13H18ClNO3. The Bertz CT molecular complexity index is 421. The van der Waals surface area contributed by atoms with Crippen molar-refractivity contribution in [2.24, 2.45) is 5.92 Å². The van der Waals surface area contributed by atoms with Gasteiger partial charge in [-0.05, 0) is 37.5 Å². The first-order valence-electron chi connectivity index (χ1n) is 5.85. The molecule has 2 unspecified atom stereocenters. The molecule has 0 aliphatic carbocycles. The van der Waals surface area contributed by atoms with Gasteiger partial charge in [0.15, 0.2) is 0 Å². The number of amides is 1. The highest BCUT2D eigenvalue weighted by Crippen LogP contribution is 2.21. The molecule has 5 heteroatoms. The second-order valence-corrected chi connectivity index (χ2v) is 5.00. The molecule has 1 aromatic carbocycles. The van der Waals surface area contributed by atoms with Gasteiger partial charge >= 0.3 is 0 Å². The maximum absolute atomic E-state index is 11.8. The number of hydrogen-bond acceptors (Lipinski definition) is 3. The quantitative estimate of drug-likeness (QED) is 0.769. The highest BCUT2D eigenvalue weighted by Gasteiger charge is 2.13. The number of phenols is 1. The van der Waals surface area contributed by atoms with E-state index in [0.717, 1.165) is 0 Å². The molecule has 0 saturated carbocycles. The van der Waals surface area contributed by atoms with Crippen molar-refractivity contribution in [2.75, 3.05) is 6.54 Å². The maximum Gasteiger partial charge on any atom is 0.255 e. The number of aliphatic hydroxyl groups excluding tert-OH is 1. The normalized spacial score (nSPS) is 14.0. The smallest absolute Gasteiger partial charge is 0.255 e. The number of nitrogens with one attached hydrogen (secondary N) is 1. The molecule has 0 radical (unpaired) electrons. The third-order valence-corrected chi connectivity index (χ3v) is 2.79. The highest BCUT2D eigenvalue weighted by molar-refractivity contribution is 6.30. The van der Waals surface area contributed by atoms with Gasteiger partial charge in [-0.2, -0.15) is 0 Å². The summed E-state index contributed by atoms with van der Waals surface area (Å²) in [7, 11) is 0. The van der Waals surface area contributed by atoms with Gasteiger partial charge in [-0.25, -0.2) is 0 Å². The van der Waals surface area contributed by atoms with Gasteiger partial charge in [-0.15, -0.1) is 0 Å². The Labute approximate surface area is 112 Å². The van der Waals surface area contributed by atoms with E-state index in [1.54, 1.807) is 13.0 Å². The molecule has 0 heterocycles.